The molecule has 108 valence electrons. The minimum atomic E-state index is -3.79. The fourth-order valence-corrected chi connectivity index (χ4v) is 3.22. The molecule has 1 heterocycles. The van der Waals surface area contributed by atoms with E-state index in [-0.39, 0.29) is 17.3 Å². The molecule has 0 aliphatic heterocycles. The molecule has 0 saturated carbocycles. The third-order valence-corrected chi connectivity index (χ3v) is 4.51. The molecule has 0 amide bonds. The number of hydrogen-bond acceptors (Lipinski definition) is 5. The smallest absolute Gasteiger partial charge is 0.267 e. The van der Waals surface area contributed by atoms with E-state index in [9.17, 15) is 8.42 Å². The number of benzene rings is 1. The largest absolute Gasteiger partial charge is 0.392 e. The van der Waals surface area contributed by atoms with Gasteiger partial charge in [-0.25, -0.2) is 8.42 Å². The lowest BCUT2D eigenvalue weighted by molar-refractivity contribution is 0.282. The summed E-state index contributed by atoms with van der Waals surface area (Å²) in [6, 6.07) is 6.42. The Morgan fingerprint density at radius 2 is 1.95 bits per heavy atom. The molecule has 0 radical (unpaired) electrons. The van der Waals surface area contributed by atoms with Crippen molar-refractivity contribution in [3.63, 3.8) is 0 Å². The van der Waals surface area contributed by atoms with Gasteiger partial charge in [-0.15, -0.1) is 0 Å². The van der Waals surface area contributed by atoms with Gasteiger partial charge in [0.2, 0.25) is 0 Å². The van der Waals surface area contributed by atoms with E-state index in [0.29, 0.717) is 16.9 Å². The van der Waals surface area contributed by atoms with Crippen molar-refractivity contribution in [3.05, 3.63) is 35.5 Å². The maximum Gasteiger partial charge on any atom is 0.267 e. The van der Waals surface area contributed by atoms with Crippen LogP contribution in [0.4, 0.5) is 11.5 Å². The molecule has 0 saturated heterocycles. The molecular weight excluding hydrogens is 280 g/mol. The second kappa shape index (κ2) is 5.14. The zero-order valence-corrected chi connectivity index (χ0v) is 12.0. The summed E-state index contributed by atoms with van der Waals surface area (Å²) in [6.07, 6.45) is 0. The van der Waals surface area contributed by atoms with Crippen LogP contribution >= 0.6 is 0 Å². The minimum Gasteiger partial charge on any atom is -0.392 e. The number of hydrogen-bond donors (Lipinski definition) is 3. The number of nitrogens with zero attached hydrogens (tertiary/aromatic N) is 2. The topological polar surface area (TPSA) is 110 Å². The predicted octanol–water partition coefficient (Wildman–Crippen LogP) is 0.604. The van der Waals surface area contributed by atoms with Crippen molar-refractivity contribution in [2.75, 3.05) is 10.5 Å². The number of aliphatic hydroxyl groups is 1. The molecule has 0 spiro atoms. The van der Waals surface area contributed by atoms with Crippen molar-refractivity contribution in [3.8, 4) is 0 Å². The molecule has 0 atom stereocenters. The molecule has 0 bridgehead atoms. The zero-order chi connectivity index (χ0) is 14.9. The molecule has 4 N–H and O–H groups in total. The molecule has 2 rings (SSSR count). The third-order valence-electron chi connectivity index (χ3n) is 2.96. The lowest BCUT2D eigenvalue weighted by Crippen LogP contribution is -2.15. The van der Waals surface area contributed by atoms with Gasteiger partial charge in [0.1, 0.15) is 0 Å². The molecule has 7 nitrogen and oxygen atoms in total. The average Bonchev–Trinajstić information content (AvgIpc) is 2.64. The maximum atomic E-state index is 12.3. The van der Waals surface area contributed by atoms with Gasteiger partial charge in [-0.1, -0.05) is 12.1 Å². The maximum absolute atomic E-state index is 12.3. The number of sulfonamides is 1. The number of rotatable bonds is 4. The molecule has 20 heavy (non-hydrogen) atoms. The zero-order valence-electron chi connectivity index (χ0n) is 11.2. The van der Waals surface area contributed by atoms with Gasteiger partial charge in [-0.3, -0.25) is 9.40 Å². The number of nitrogen functional groups attached to an aromatic ring is 1. The van der Waals surface area contributed by atoms with Crippen molar-refractivity contribution in [1.82, 2.24) is 9.78 Å². The van der Waals surface area contributed by atoms with Crippen molar-refractivity contribution in [2.24, 2.45) is 7.05 Å². The Balaban J connectivity index is 2.35. The summed E-state index contributed by atoms with van der Waals surface area (Å²) < 4.78 is 28.5. The highest BCUT2D eigenvalue weighted by Gasteiger charge is 2.24. The number of aromatic nitrogens is 2. The Morgan fingerprint density at radius 3 is 2.40 bits per heavy atom. The lowest BCUT2D eigenvalue weighted by atomic mass is 10.2. The molecule has 0 fully saturated rings. The highest BCUT2D eigenvalue weighted by atomic mass is 32.2. The number of aliphatic hydroxyl groups excluding tert-OH is 1. The van der Waals surface area contributed by atoms with Crippen LogP contribution in [0.3, 0.4) is 0 Å². The molecular formula is C12H16N4O3S. The Hall–Kier alpha value is -2.06. The summed E-state index contributed by atoms with van der Waals surface area (Å²) in [6.45, 7) is 1.54. The van der Waals surface area contributed by atoms with E-state index in [2.05, 4.69) is 9.82 Å². The Kier molecular flexibility index (Phi) is 3.69. The Labute approximate surface area is 117 Å². The second-order valence-corrected chi connectivity index (χ2v) is 6.00. The summed E-state index contributed by atoms with van der Waals surface area (Å²) >= 11 is 0. The first-order valence-corrected chi connectivity index (χ1v) is 7.35. The van der Waals surface area contributed by atoms with Gasteiger partial charge in [0.05, 0.1) is 12.3 Å². The van der Waals surface area contributed by atoms with Crippen LogP contribution in [0, 0.1) is 6.92 Å². The first-order valence-electron chi connectivity index (χ1n) is 5.87. The van der Waals surface area contributed by atoms with Crippen LogP contribution in [-0.2, 0) is 23.7 Å². The first-order chi connectivity index (χ1) is 9.35. The summed E-state index contributed by atoms with van der Waals surface area (Å²) in [5, 5.41) is 12.8. The molecule has 0 aliphatic rings. The van der Waals surface area contributed by atoms with E-state index < -0.39 is 10.0 Å². The molecule has 0 unspecified atom stereocenters. The standard InChI is InChI=1S/C12H16N4O3S/c1-8-11(12(13)14-16(8)2)20(18,19)15-10-5-3-9(7-17)4-6-10/h3-6,15,17H,7H2,1-2H3,(H2,13,14). The van der Waals surface area contributed by atoms with Gasteiger partial charge >= 0.3 is 0 Å². The molecule has 2 aromatic rings. The van der Waals surface area contributed by atoms with Crippen LogP contribution in [0.2, 0.25) is 0 Å². The van der Waals surface area contributed by atoms with Crippen LogP contribution in [0.15, 0.2) is 29.2 Å². The van der Waals surface area contributed by atoms with Crippen LogP contribution < -0.4 is 10.5 Å². The number of anilines is 2. The fourth-order valence-electron chi connectivity index (χ4n) is 1.83. The Bertz CT molecular complexity index is 720. The average molecular weight is 296 g/mol. The summed E-state index contributed by atoms with van der Waals surface area (Å²) in [5.41, 5.74) is 7.20. The van der Waals surface area contributed by atoms with E-state index in [1.165, 1.54) is 4.68 Å². The van der Waals surface area contributed by atoms with Crippen molar-refractivity contribution in [2.45, 2.75) is 18.4 Å². The third kappa shape index (κ3) is 2.61. The monoisotopic (exact) mass is 296 g/mol. The van der Waals surface area contributed by atoms with Crippen LogP contribution in [0.1, 0.15) is 11.3 Å². The molecule has 8 heteroatoms. The Morgan fingerprint density at radius 1 is 1.35 bits per heavy atom. The summed E-state index contributed by atoms with van der Waals surface area (Å²) in [5.74, 6) is -0.0375. The van der Waals surface area contributed by atoms with Gasteiger partial charge < -0.3 is 10.8 Å². The van der Waals surface area contributed by atoms with Gasteiger partial charge in [0, 0.05) is 12.7 Å². The summed E-state index contributed by atoms with van der Waals surface area (Å²) in [4.78, 5) is -0.0220. The molecule has 1 aromatic heterocycles. The van der Waals surface area contributed by atoms with Crippen molar-refractivity contribution >= 4 is 21.5 Å². The summed E-state index contributed by atoms with van der Waals surface area (Å²) in [7, 11) is -2.17. The molecule has 0 aliphatic carbocycles. The van der Waals surface area contributed by atoms with Gasteiger partial charge in [-0.2, -0.15) is 5.10 Å². The van der Waals surface area contributed by atoms with E-state index in [1.54, 1.807) is 38.2 Å². The first kappa shape index (κ1) is 14.4. The molecule has 1 aromatic carbocycles. The van der Waals surface area contributed by atoms with Crippen LogP contribution in [0.5, 0.6) is 0 Å². The second-order valence-electron chi connectivity index (χ2n) is 4.38. The normalized spacial score (nSPS) is 11.6. The van der Waals surface area contributed by atoms with Gasteiger partial charge in [-0.05, 0) is 24.6 Å². The van der Waals surface area contributed by atoms with Crippen molar-refractivity contribution < 1.29 is 13.5 Å². The van der Waals surface area contributed by atoms with Crippen LogP contribution in [-0.4, -0.2) is 23.3 Å². The van der Waals surface area contributed by atoms with E-state index in [1.807, 2.05) is 0 Å². The SMILES string of the molecule is Cc1c(S(=O)(=O)Nc2ccc(CO)cc2)c(N)nn1C. The van der Waals surface area contributed by atoms with Crippen molar-refractivity contribution in [1.29, 1.82) is 0 Å². The highest BCUT2D eigenvalue weighted by Crippen LogP contribution is 2.24. The number of nitrogens with one attached hydrogen (secondary N) is 1. The van der Waals surface area contributed by atoms with E-state index >= 15 is 0 Å². The number of aryl methyl sites for hydroxylation is 1. The van der Waals surface area contributed by atoms with E-state index in [4.69, 9.17) is 10.8 Å². The fraction of sp³-hybridized carbons (Fsp3) is 0.250. The lowest BCUT2D eigenvalue weighted by Gasteiger charge is -2.08. The van der Waals surface area contributed by atoms with Crippen LogP contribution in [0.25, 0.3) is 0 Å². The predicted molar refractivity (Wildman–Crippen MR) is 75.5 cm³/mol. The quantitative estimate of drug-likeness (QED) is 0.765. The highest BCUT2D eigenvalue weighted by molar-refractivity contribution is 7.93. The number of nitrogens with two attached hydrogens (primary N) is 1. The minimum absolute atomic E-state index is 0.0220. The van der Waals surface area contributed by atoms with Gasteiger partial charge in [0.25, 0.3) is 10.0 Å². The van der Waals surface area contributed by atoms with Gasteiger partial charge in [0.15, 0.2) is 10.7 Å². The van der Waals surface area contributed by atoms with E-state index in [0.717, 1.165) is 0 Å².